The van der Waals surface area contributed by atoms with Gasteiger partial charge in [-0.05, 0) is 56.7 Å². The molecule has 0 aromatic rings. The van der Waals surface area contributed by atoms with Crippen LogP contribution < -0.4 is 5.32 Å². The molecule has 3 fully saturated rings. The highest BCUT2D eigenvalue weighted by molar-refractivity contribution is 4.89. The average molecular weight is 258 g/mol. The molecule has 1 aliphatic carbocycles. The summed E-state index contributed by atoms with van der Waals surface area (Å²) in [6, 6.07) is 0. The molecule has 0 amide bonds. The van der Waals surface area contributed by atoms with Gasteiger partial charge in [0.25, 0.3) is 0 Å². The van der Waals surface area contributed by atoms with Gasteiger partial charge >= 0.3 is 0 Å². The number of halogens is 2. The Bertz CT molecular complexity index is 296. The number of hydrogen-bond donors (Lipinski definition) is 1. The minimum absolute atomic E-state index is 0.109. The lowest BCUT2D eigenvalue weighted by Gasteiger charge is -2.38. The van der Waals surface area contributed by atoms with Gasteiger partial charge in [-0.15, -0.1) is 0 Å². The third-order valence-electron chi connectivity index (χ3n) is 5.05. The zero-order chi connectivity index (χ0) is 12.6. The largest absolute Gasteiger partial charge is 0.316 e. The van der Waals surface area contributed by atoms with Crippen molar-refractivity contribution < 1.29 is 8.78 Å². The normalized spacial score (nSPS) is 40.7. The summed E-state index contributed by atoms with van der Waals surface area (Å²) in [4.78, 5) is 2.44. The number of nitrogens with zero attached hydrogens (tertiary/aromatic N) is 1. The van der Waals surface area contributed by atoms with E-state index >= 15 is 0 Å². The molecule has 0 bridgehead atoms. The lowest BCUT2D eigenvalue weighted by Crippen LogP contribution is -2.43. The molecule has 0 radical (unpaired) electrons. The molecule has 2 saturated heterocycles. The molecule has 104 valence electrons. The van der Waals surface area contributed by atoms with Crippen LogP contribution in [0.2, 0.25) is 0 Å². The van der Waals surface area contributed by atoms with Crippen LogP contribution in [0.3, 0.4) is 0 Å². The molecular formula is C14H24F2N2. The highest BCUT2D eigenvalue weighted by atomic mass is 19.3. The molecule has 4 heteroatoms. The van der Waals surface area contributed by atoms with Gasteiger partial charge in [0, 0.05) is 25.9 Å². The number of piperidine rings is 1. The molecule has 0 aromatic heterocycles. The van der Waals surface area contributed by atoms with E-state index < -0.39 is 5.92 Å². The van der Waals surface area contributed by atoms with Crippen molar-refractivity contribution in [2.45, 2.75) is 38.0 Å². The minimum atomic E-state index is -2.39. The SMILES string of the molecule is FC1(F)CCCC(CN2CCC3CNCC3C2)C1. The highest BCUT2D eigenvalue weighted by Crippen LogP contribution is 2.37. The molecule has 0 spiro atoms. The summed E-state index contributed by atoms with van der Waals surface area (Å²) in [5.74, 6) is -0.563. The molecule has 18 heavy (non-hydrogen) atoms. The first-order valence-electron chi connectivity index (χ1n) is 7.43. The van der Waals surface area contributed by atoms with Crippen molar-refractivity contribution in [1.29, 1.82) is 0 Å². The van der Waals surface area contributed by atoms with Gasteiger partial charge < -0.3 is 10.2 Å². The first kappa shape index (κ1) is 12.8. The summed E-state index contributed by atoms with van der Waals surface area (Å²) in [7, 11) is 0. The van der Waals surface area contributed by atoms with E-state index in [1.165, 1.54) is 13.0 Å². The summed E-state index contributed by atoms with van der Waals surface area (Å²) in [6.45, 7) is 5.44. The second-order valence-corrected chi connectivity index (χ2v) is 6.54. The summed E-state index contributed by atoms with van der Waals surface area (Å²) in [5.41, 5.74) is 0. The Morgan fingerprint density at radius 3 is 2.83 bits per heavy atom. The average Bonchev–Trinajstić information content (AvgIpc) is 2.74. The van der Waals surface area contributed by atoms with E-state index in [-0.39, 0.29) is 18.8 Å². The van der Waals surface area contributed by atoms with Crippen LogP contribution in [0.4, 0.5) is 8.78 Å². The third-order valence-corrected chi connectivity index (χ3v) is 5.05. The van der Waals surface area contributed by atoms with Crippen molar-refractivity contribution >= 4 is 0 Å². The Hall–Kier alpha value is -0.220. The summed E-state index contributed by atoms with van der Waals surface area (Å²) >= 11 is 0. The number of hydrogen-bond acceptors (Lipinski definition) is 2. The van der Waals surface area contributed by atoms with E-state index in [0.717, 1.165) is 44.4 Å². The molecular weight excluding hydrogens is 234 g/mol. The maximum Gasteiger partial charge on any atom is 0.248 e. The van der Waals surface area contributed by atoms with E-state index in [0.29, 0.717) is 6.42 Å². The predicted octanol–water partition coefficient (Wildman–Crippen LogP) is 2.35. The first-order chi connectivity index (χ1) is 8.62. The van der Waals surface area contributed by atoms with E-state index in [4.69, 9.17) is 0 Å². The van der Waals surface area contributed by atoms with Gasteiger partial charge in [-0.25, -0.2) is 8.78 Å². The van der Waals surface area contributed by atoms with Gasteiger partial charge in [-0.3, -0.25) is 0 Å². The fraction of sp³-hybridized carbons (Fsp3) is 1.00. The maximum absolute atomic E-state index is 13.4. The van der Waals surface area contributed by atoms with Crippen LogP contribution in [0, 0.1) is 17.8 Å². The van der Waals surface area contributed by atoms with Crippen LogP contribution in [0.5, 0.6) is 0 Å². The van der Waals surface area contributed by atoms with Crippen LogP contribution in [0.1, 0.15) is 32.1 Å². The Kier molecular flexibility index (Phi) is 3.59. The zero-order valence-electron chi connectivity index (χ0n) is 11.0. The Labute approximate surface area is 108 Å². The Balaban J connectivity index is 1.50. The van der Waals surface area contributed by atoms with Gasteiger partial charge in [-0.2, -0.15) is 0 Å². The first-order valence-corrected chi connectivity index (χ1v) is 7.43. The van der Waals surface area contributed by atoms with Crippen LogP contribution in [-0.4, -0.2) is 43.5 Å². The Morgan fingerprint density at radius 1 is 1.17 bits per heavy atom. The van der Waals surface area contributed by atoms with Crippen molar-refractivity contribution in [3.8, 4) is 0 Å². The van der Waals surface area contributed by atoms with Crippen molar-refractivity contribution in [3.63, 3.8) is 0 Å². The molecule has 2 aliphatic heterocycles. The Morgan fingerprint density at radius 2 is 2.00 bits per heavy atom. The lowest BCUT2D eigenvalue weighted by atomic mass is 9.84. The molecule has 3 atom stereocenters. The highest BCUT2D eigenvalue weighted by Gasteiger charge is 2.38. The van der Waals surface area contributed by atoms with Crippen LogP contribution in [-0.2, 0) is 0 Å². The van der Waals surface area contributed by atoms with Gasteiger partial charge in [0.05, 0.1) is 0 Å². The van der Waals surface area contributed by atoms with E-state index in [2.05, 4.69) is 10.2 Å². The van der Waals surface area contributed by atoms with E-state index in [1.54, 1.807) is 0 Å². The van der Waals surface area contributed by atoms with Gasteiger partial charge in [0.2, 0.25) is 5.92 Å². The molecule has 2 heterocycles. The van der Waals surface area contributed by atoms with E-state index in [1.807, 2.05) is 0 Å². The summed E-state index contributed by atoms with van der Waals surface area (Å²) in [6.07, 6.45) is 3.19. The molecule has 3 rings (SSSR count). The fourth-order valence-corrected chi connectivity index (χ4v) is 4.07. The maximum atomic E-state index is 13.4. The van der Waals surface area contributed by atoms with Crippen LogP contribution in [0.15, 0.2) is 0 Å². The van der Waals surface area contributed by atoms with Crippen LogP contribution in [0.25, 0.3) is 0 Å². The number of nitrogens with one attached hydrogen (secondary N) is 1. The number of likely N-dealkylation sites (tertiary alicyclic amines) is 1. The minimum Gasteiger partial charge on any atom is -0.316 e. The monoisotopic (exact) mass is 258 g/mol. The molecule has 2 nitrogen and oxygen atoms in total. The lowest BCUT2D eigenvalue weighted by molar-refractivity contribution is -0.0586. The standard InChI is InChI=1S/C14H24F2N2/c15-14(16)4-1-2-11(6-14)9-18-5-3-12-7-17-8-13(12)10-18/h11-13,17H,1-10H2. The zero-order valence-corrected chi connectivity index (χ0v) is 11.0. The fourth-order valence-electron chi connectivity index (χ4n) is 4.07. The quantitative estimate of drug-likeness (QED) is 0.818. The van der Waals surface area contributed by atoms with Gasteiger partial charge in [0.15, 0.2) is 0 Å². The number of rotatable bonds is 2. The summed E-state index contributed by atoms with van der Waals surface area (Å²) in [5, 5.41) is 3.45. The topological polar surface area (TPSA) is 15.3 Å². The molecule has 0 aromatic carbocycles. The van der Waals surface area contributed by atoms with Crippen molar-refractivity contribution in [2.24, 2.45) is 17.8 Å². The summed E-state index contributed by atoms with van der Waals surface area (Å²) < 4.78 is 26.8. The van der Waals surface area contributed by atoms with E-state index in [9.17, 15) is 8.78 Å². The number of fused-ring (bicyclic) bond motifs is 1. The molecule has 1 saturated carbocycles. The molecule has 3 aliphatic rings. The van der Waals surface area contributed by atoms with Crippen molar-refractivity contribution in [1.82, 2.24) is 10.2 Å². The second kappa shape index (κ2) is 5.04. The second-order valence-electron chi connectivity index (χ2n) is 6.54. The van der Waals surface area contributed by atoms with Gasteiger partial charge in [0.1, 0.15) is 0 Å². The van der Waals surface area contributed by atoms with Crippen molar-refractivity contribution in [2.75, 3.05) is 32.7 Å². The molecule has 1 N–H and O–H groups in total. The number of alkyl halides is 2. The third kappa shape index (κ3) is 2.85. The predicted molar refractivity (Wildman–Crippen MR) is 67.8 cm³/mol. The van der Waals surface area contributed by atoms with Crippen molar-refractivity contribution in [3.05, 3.63) is 0 Å². The smallest absolute Gasteiger partial charge is 0.248 e. The van der Waals surface area contributed by atoms with Crippen LogP contribution >= 0.6 is 0 Å². The molecule has 3 unspecified atom stereocenters. The van der Waals surface area contributed by atoms with Gasteiger partial charge in [-0.1, -0.05) is 0 Å².